The van der Waals surface area contributed by atoms with Crippen LogP contribution in [0.5, 0.6) is 5.75 Å². The van der Waals surface area contributed by atoms with Crippen LogP contribution in [0.1, 0.15) is 23.6 Å². The number of H-pyrrole nitrogens is 1. The van der Waals surface area contributed by atoms with Gasteiger partial charge in [0.2, 0.25) is 11.9 Å². The molecule has 2 aliphatic rings. The summed E-state index contributed by atoms with van der Waals surface area (Å²) in [6.45, 7) is 2.30. The molecule has 3 N–H and O–H groups in total. The summed E-state index contributed by atoms with van der Waals surface area (Å²) in [4.78, 5) is 35.2. The van der Waals surface area contributed by atoms with Crippen LogP contribution in [-0.2, 0) is 11.3 Å². The number of carbonyl (C=O) groups is 1. The summed E-state index contributed by atoms with van der Waals surface area (Å²) in [7, 11) is 1.98. The molecule has 0 saturated carbocycles. The molecule has 1 amide bonds. The second-order valence-electron chi connectivity index (χ2n) is 7.17. The van der Waals surface area contributed by atoms with E-state index >= 15 is 0 Å². The number of ether oxygens (including phenoxy) is 1. The number of amides is 1. The highest BCUT2D eigenvalue weighted by Gasteiger charge is 2.37. The lowest BCUT2D eigenvalue weighted by molar-refractivity contribution is -0.132. The molecule has 1 aromatic heterocycles. The Morgan fingerprint density at radius 1 is 1.44 bits per heavy atom. The van der Waals surface area contributed by atoms with Crippen LogP contribution in [-0.4, -0.2) is 58.5 Å². The predicted molar refractivity (Wildman–Crippen MR) is 100 cm³/mol. The van der Waals surface area contributed by atoms with Crippen LogP contribution in [0.4, 0.5) is 5.95 Å². The highest BCUT2D eigenvalue weighted by atomic mass is 16.5. The second kappa shape index (κ2) is 7.03. The van der Waals surface area contributed by atoms with Gasteiger partial charge in [0.15, 0.2) is 0 Å². The molecule has 2 aliphatic heterocycles. The summed E-state index contributed by atoms with van der Waals surface area (Å²) < 4.78 is 5.66. The Labute approximate surface area is 156 Å². The molecule has 1 fully saturated rings. The number of hydrogen-bond donors (Lipinski definition) is 2. The molecular weight excluding hydrogens is 346 g/mol. The van der Waals surface area contributed by atoms with Gasteiger partial charge in [-0.1, -0.05) is 18.2 Å². The van der Waals surface area contributed by atoms with E-state index in [1.165, 1.54) is 6.07 Å². The van der Waals surface area contributed by atoms with Crippen molar-refractivity contribution in [2.45, 2.75) is 24.9 Å². The van der Waals surface area contributed by atoms with Crippen molar-refractivity contribution in [3.05, 3.63) is 51.9 Å². The number of benzene rings is 1. The number of fused-ring (bicyclic) bond motifs is 1. The van der Waals surface area contributed by atoms with Gasteiger partial charge in [-0.2, -0.15) is 0 Å². The standard InChI is InChI=1S/C19H23N5O3/c1-23(9-12-8-17(25)22-19(20)21-12)13-6-7-24(10-13)18(26)15-11-27-16-5-3-2-4-14(15)16/h2-5,8,13,15H,6-7,9-11H2,1H3,(H3,20,21,22,25)/t13-,15+/m0/s1. The van der Waals surface area contributed by atoms with Gasteiger partial charge in [0.25, 0.3) is 5.56 Å². The van der Waals surface area contributed by atoms with Crippen LogP contribution in [0.25, 0.3) is 0 Å². The van der Waals surface area contributed by atoms with Gasteiger partial charge in [0.1, 0.15) is 18.3 Å². The number of rotatable bonds is 4. The SMILES string of the molecule is CN(Cc1cc(=O)[nH]c(N)n1)[C@H]1CCN(C(=O)[C@@H]2COc3ccccc32)C1. The fourth-order valence-electron chi connectivity index (χ4n) is 3.88. The average Bonchev–Trinajstić information content (AvgIpc) is 3.28. The summed E-state index contributed by atoms with van der Waals surface area (Å²) in [5.74, 6) is 0.824. The van der Waals surface area contributed by atoms with E-state index in [1.54, 1.807) is 0 Å². The van der Waals surface area contributed by atoms with Gasteiger partial charge in [-0.25, -0.2) is 4.98 Å². The lowest BCUT2D eigenvalue weighted by Crippen LogP contribution is -2.38. The van der Waals surface area contributed by atoms with E-state index in [9.17, 15) is 9.59 Å². The molecule has 0 spiro atoms. The van der Waals surface area contributed by atoms with Gasteiger partial charge >= 0.3 is 0 Å². The van der Waals surface area contributed by atoms with E-state index in [4.69, 9.17) is 10.5 Å². The Bertz CT molecular complexity index is 912. The lowest BCUT2D eigenvalue weighted by Gasteiger charge is -2.25. The number of para-hydroxylation sites is 1. The van der Waals surface area contributed by atoms with Gasteiger partial charge in [0, 0.05) is 37.3 Å². The van der Waals surface area contributed by atoms with Crippen LogP contribution in [0.3, 0.4) is 0 Å². The maximum absolute atomic E-state index is 13.0. The van der Waals surface area contributed by atoms with Gasteiger partial charge in [0.05, 0.1) is 5.69 Å². The third kappa shape index (κ3) is 3.52. The zero-order valence-electron chi connectivity index (χ0n) is 15.2. The molecule has 27 heavy (non-hydrogen) atoms. The number of nitrogens with two attached hydrogens (primary N) is 1. The fraction of sp³-hybridized carbons (Fsp3) is 0.421. The number of aromatic amines is 1. The van der Waals surface area contributed by atoms with Crippen molar-refractivity contribution in [2.24, 2.45) is 0 Å². The monoisotopic (exact) mass is 369 g/mol. The van der Waals surface area contributed by atoms with E-state index in [0.29, 0.717) is 25.4 Å². The van der Waals surface area contributed by atoms with Crippen molar-refractivity contribution in [1.82, 2.24) is 19.8 Å². The minimum Gasteiger partial charge on any atom is -0.492 e. The molecule has 8 nitrogen and oxygen atoms in total. The smallest absolute Gasteiger partial charge is 0.252 e. The quantitative estimate of drug-likeness (QED) is 0.816. The van der Waals surface area contributed by atoms with Crippen LogP contribution < -0.4 is 16.0 Å². The number of hydrogen-bond acceptors (Lipinski definition) is 6. The van der Waals surface area contributed by atoms with Crippen LogP contribution >= 0.6 is 0 Å². The molecule has 1 saturated heterocycles. The summed E-state index contributed by atoms with van der Waals surface area (Å²) in [5, 5.41) is 0. The molecule has 3 heterocycles. The van der Waals surface area contributed by atoms with E-state index in [2.05, 4.69) is 14.9 Å². The Kier molecular flexibility index (Phi) is 4.57. The van der Waals surface area contributed by atoms with Gasteiger partial charge in [-0.15, -0.1) is 0 Å². The number of aromatic nitrogens is 2. The second-order valence-corrected chi connectivity index (χ2v) is 7.17. The fourth-order valence-corrected chi connectivity index (χ4v) is 3.88. The zero-order chi connectivity index (χ0) is 19.0. The van der Waals surface area contributed by atoms with Crippen molar-refractivity contribution in [3.8, 4) is 5.75 Å². The first kappa shape index (κ1) is 17.5. The Balaban J connectivity index is 1.40. The molecular formula is C19H23N5O3. The minimum absolute atomic E-state index is 0.119. The molecule has 142 valence electrons. The molecule has 4 rings (SSSR count). The zero-order valence-corrected chi connectivity index (χ0v) is 15.2. The number of nitrogens with zero attached hydrogens (tertiary/aromatic N) is 3. The normalized spacial score (nSPS) is 21.3. The number of carbonyl (C=O) groups excluding carboxylic acids is 1. The van der Waals surface area contributed by atoms with Crippen molar-refractivity contribution in [1.29, 1.82) is 0 Å². The maximum atomic E-state index is 13.0. The van der Waals surface area contributed by atoms with Gasteiger partial charge < -0.3 is 15.4 Å². The van der Waals surface area contributed by atoms with Crippen LogP contribution in [0.2, 0.25) is 0 Å². The third-order valence-corrected chi connectivity index (χ3v) is 5.32. The highest BCUT2D eigenvalue weighted by molar-refractivity contribution is 5.85. The Morgan fingerprint density at radius 3 is 3.07 bits per heavy atom. The molecule has 2 aromatic rings. The summed E-state index contributed by atoms with van der Waals surface area (Å²) in [6.07, 6.45) is 0.885. The first-order chi connectivity index (χ1) is 13.0. The van der Waals surface area contributed by atoms with E-state index in [-0.39, 0.29) is 29.4 Å². The molecule has 0 radical (unpaired) electrons. The molecule has 1 aromatic carbocycles. The Morgan fingerprint density at radius 2 is 2.26 bits per heavy atom. The predicted octanol–water partition coefficient (Wildman–Crippen LogP) is 0.561. The third-order valence-electron chi connectivity index (χ3n) is 5.32. The van der Waals surface area contributed by atoms with E-state index in [1.807, 2.05) is 36.2 Å². The summed E-state index contributed by atoms with van der Waals surface area (Å²) >= 11 is 0. The Hall–Kier alpha value is -2.87. The van der Waals surface area contributed by atoms with Crippen molar-refractivity contribution < 1.29 is 9.53 Å². The summed E-state index contributed by atoms with van der Waals surface area (Å²) in [6, 6.07) is 9.40. The number of nitrogen functional groups attached to an aromatic ring is 1. The molecule has 2 atom stereocenters. The highest BCUT2D eigenvalue weighted by Crippen LogP contribution is 2.35. The first-order valence-corrected chi connectivity index (χ1v) is 9.07. The summed E-state index contributed by atoms with van der Waals surface area (Å²) in [5.41, 5.74) is 6.95. The van der Waals surface area contributed by atoms with Crippen molar-refractivity contribution in [2.75, 3.05) is 32.5 Å². The maximum Gasteiger partial charge on any atom is 0.252 e. The van der Waals surface area contributed by atoms with Gasteiger partial charge in [-0.3, -0.25) is 19.5 Å². The molecule has 0 aliphatic carbocycles. The average molecular weight is 369 g/mol. The van der Waals surface area contributed by atoms with E-state index in [0.717, 1.165) is 24.3 Å². The molecule has 0 bridgehead atoms. The topological polar surface area (TPSA) is 105 Å². The lowest BCUT2D eigenvalue weighted by atomic mass is 10.00. The minimum atomic E-state index is -0.256. The molecule has 8 heteroatoms. The molecule has 0 unspecified atom stereocenters. The van der Waals surface area contributed by atoms with Crippen LogP contribution in [0, 0.1) is 0 Å². The number of nitrogens with one attached hydrogen (secondary N) is 1. The number of likely N-dealkylation sites (tertiary alicyclic amines) is 1. The number of anilines is 1. The van der Waals surface area contributed by atoms with Crippen LogP contribution in [0.15, 0.2) is 35.1 Å². The largest absolute Gasteiger partial charge is 0.492 e. The van der Waals surface area contributed by atoms with E-state index < -0.39 is 0 Å². The first-order valence-electron chi connectivity index (χ1n) is 9.07. The number of likely N-dealkylation sites (N-methyl/N-ethyl adjacent to an activating group) is 1. The van der Waals surface area contributed by atoms with Crippen molar-refractivity contribution >= 4 is 11.9 Å². The van der Waals surface area contributed by atoms with Gasteiger partial charge in [-0.05, 0) is 19.5 Å². The van der Waals surface area contributed by atoms with Crippen molar-refractivity contribution in [3.63, 3.8) is 0 Å².